The third-order valence-corrected chi connectivity index (χ3v) is 7.11. The minimum absolute atomic E-state index is 0.220. The monoisotopic (exact) mass is 609 g/mol. The Labute approximate surface area is 253 Å². The zero-order chi connectivity index (χ0) is 30.8. The van der Waals surface area contributed by atoms with E-state index in [2.05, 4.69) is 5.32 Å². The summed E-state index contributed by atoms with van der Waals surface area (Å²) >= 11 is 8.07. The second-order valence-electron chi connectivity index (χ2n) is 11.8. The first kappa shape index (κ1) is 34.6. The Morgan fingerprint density at radius 2 is 1.63 bits per heavy atom. The molecule has 1 amide bonds. The molecule has 1 atom stereocenters. The van der Waals surface area contributed by atoms with Gasteiger partial charge in [0.1, 0.15) is 22.7 Å². The van der Waals surface area contributed by atoms with Crippen LogP contribution in [-0.2, 0) is 15.9 Å². The summed E-state index contributed by atoms with van der Waals surface area (Å²) in [6, 6.07) is 10.9. The lowest BCUT2D eigenvalue weighted by molar-refractivity contribution is 0.0200. The highest BCUT2D eigenvalue weighted by atomic mass is 35.5. The van der Waals surface area contributed by atoms with Crippen molar-refractivity contribution in [2.24, 2.45) is 0 Å². The minimum Gasteiger partial charge on any atom is -0.494 e. The van der Waals surface area contributed by atoms with Gasteiger partial charge in [-0.2, -0.15) is 0 Å². The number of benzene rings is 2. The summed E-state index contributed by atoms with van der Waals surface area (Å²) in [4.78, 5) is 26.3. The van der Waals surface area contributed by atoms with Gasteiger partial charge in [-0.25, -0.2) is 9.59 Å². The fourth-order valence-corrected chi connectivity index (χ4v) is 5.30. The molecule has 0 aliphatic carbocycles. The highest BCUT2D eigenvalue weighted by Crippen LogP contribution is 2.39. The van der Waals surface area contributed by atoms with Crippen LogP contribution in [0, 0.1) is 0 Å². The van der Waals surface area contributed by atoms with Crippen molar-refractivity contribution in [3.05, 3.63) is 47.0 Å². The number of carbonyl (C=O) groups excluding carboxylic acids is 2. The van der Waals surface area contributed by atoms with Crippen LogP contribution in [0.5, 0.6) is 11.5 Å². The van der Waals surface area contributed by atoms with Crippen LogP contribution < -0.4 is 14.8 Å². The van der Waals surface area contributed by atoms with E-state index in [9.17, 15) is 14.7 Å². The molecule has 0 bridgehead atoms. The fourth-order valence-electron chi connectivity index (χ4n) is 4.01. The van der Waals surface area contributed by atoms with E-state index < -0.39 is 29.0 Å². The van der Waals surface area contributed by atoms with Gasteiger partial charge in [0.25, 0.3) is 0 Å². The van der Waals surface area contributed by atoms with Gasteiger partial charge in [0.15, 0.2) is 0 Å². The molecular formula is C31H44ClNO7S. The van der Waals surface area contributed by atoms with Gasteiger partial charge >= 0.3 is 12.2 Å². The Bertz CT molecular complexity index is 1180. The van der Waals surface area contributed by atoms with E-state index >= 15 is 0 Å². The highest BCUT2D eigenvalue weighted by Gasteiger charge is 2.32. The Morgan fingerprint density at radius 3 is 2.20 bits per heavy atom. The van der Waals surface area contributed by atoms with Crippen molar-refractivity contribution in [1.29, 1.82) is 0 Å². The molecule has 0 radical (unpaired) electrons. The number of rotatable bonds is 12. The summed E-state index contributed by atoms with van der Waals surface area (Å²) in [6.07, 6.45) is 1.02. The number of aliphatic hydroxyl groups excluding tert-OH is 1. The maximum atomic E-state index is 12.5. The molecule has 10 heteroatoms. The zero-order valence-corrected chi connectivity index (χ0v) is 27.0. The number of aliphatic hydroxyl groups is 1. The third kappa shape index (κ3) is 12.0. The standard InChI is InChI=1S/C31H44ClNO7S/c1-9-16-31(20-34,33-27(35)39-29(3,4)5)17-15-21-11-13-23(19-24(21)32)41-26-18-22(37-10-2)12-14-25(26)38-28(36)40-30(6,7)8/h11-14,18-19,34H,9-10,15-17,20H2,1-8H3,(H,33,35). The Morgan fingerprint density at radius 1 is 0.951 bits per heavy atom. The van der Waals surface area contributed by atoms with Gasteiger partial charge in [-0.15, -0.1) is 0 Å². The molecule has 2 N–H and O–H groups in total. The van der Waals surface area contributed by atoms with E-state index in [1.165, 1.54) is 11.8 Å². The lowest BCUT2D eigenvalue weighted by atomic mass is 9.87. The lowest BCUT2D eigenvalue weighted by Crippen LogP contribution is -2.53. The first-order valence-corrected chi connectivity index (χ1v) is 15.0. The molecule has 41 heavy (non-hydrogen) atoms. The van der Waals surface area contributed by atoms with Gasteiger partial charge in [0.05, 0.1) is 23.6 Å². The SMILES string of the molecule is CCCC(CO)(CCc1ccc(Sc2cc(OCC)ccc2OC(=O)OC(C)(C)C)cc1Cl)NC(=O)OC(C)(C)C. The van der Waals surface area contributed by atoms with E-state index in [1.807, 2.05) is 32.0 Å². The molecule has 2 rings (SSSR count). The van der Waals surface area contributed by atoms with Gasteiger partial charge in [-0.1, -0.05) is 42.8 Å². The molecular weight excluding hydrogens is 566 g/mol. The van der Waals surface area contributed by atoms with Gasteiger partial charge in [-0.05, 0) is 104 Å². The number of halogens is 1. The van der Waals surface area contributed by atoms with E-state index in [0.29, 0.717) is 47.3 Å². The van der Waals surface area contributed by atoms with Crippen LogP contribution in [0.4, 0.5) is 9.59 Å². The summed E-state index contributed by atoms with van der Waals surface area (Å²) in [5.74, 6) is 0.983. The number of aryl methyl sites for hydroxylation is 1. The van der Waals surface area contributed by atoms with Crippen molar-refractivity contribution in [3.63, 3.8) is 0 Å². The molecule has 0 heterocycles. The number of alkyl carbamates (subject to hydrolysis) is 1. The molecule has 0 spiro atoms. The summed E-state index contributed by atoms with van der Waals surface area (Å²) < 4.78 is 21.9. The molecule has 1 unspecified atom stereocenters. The number of nitrogens with one attached hydrogen (secondary N) is 1. The van der Waals surface area contributed by atoms with E-state index in [4.69, 9.17) is 30.5 Å². The van der Waals surface area contributed by atoms with Crippen LogP contribution in [0.3, 0.4) is 0 Å². The molecule has 8 nitrogen and oxygen atoms in total. The van der Waals surface area contributed by atoms with Crippen LogP contribution >= 0.6 is 23.4 Å². The second-order valence-corrected chi connectivity index (χ2v) is 13.3. The summed E-state index contributed by atoms with van der Waals surface area (Å²) in [5.41, 5.74) is -1.29. The molecule has 2 aromatic rings. The van der Waals surface area contributed by atoms with E-state index in [1.54, 1.807) is 59.7 Å². The molecule has 2 aromatic carbocycles. The second kappa shape index (κ2) is 15.0. The smallest absolute Gasteiger partial charge is 0.494 e. The fraction of sp³-hybridized carbons (Fsp3) is 0.548. The van der Waals surface area contributed by atoms with Crippen LogP contribution in [0.2, 0.25) is 5.02 Å². The molecule has 0 aliphatic heterocycles. The normalized spacial score (nSPS) is 13.2. The molecule has 0 saturated heterocycles. The predicted octanol–water partition coefficient (Wildman–Crippen LogP) is 8.19. The van der Waals surface area contributed by atoms with Crippen molar-refractivity contribution < 1.29 is 33.6 Å². The van der Waals surface area contributed by atoms with Crippen molar-refractivity contribution in [3.8, 4) is 11.5 Å². The predicted molar refractivity (Wildman–Crippen MR) is 162 cm³/mol. The Balaban J connectivity index is 2.23. The van der Waals surface area contributed by atoms with Crippen molar-refractivity contribution in [2.45, 2.75) is 108 Å². The van der Waals surface area contributed by atoms with Crippen LogP contribution in [0.1, 0.15) is 80.2 Å². The summed E-state index contributed by atoms with van der Waals surface area (Å²) in [7, 11) is 0. The Hall–Kier alpha value is -2.62. The largest absolute Gasteiger partial charge is 0.514 e. The first-order valence-electron chi connectivity index (χ1n) is 13.8. The number of carbonyl (C=O) groups is 2. The number of hydrogen-bond donors (Lipinski definition) is 2. The van der Waals surface area contributed by atoms with Crippen LogP contribution in [0.15, 0.2) is 46.2 Å². The van der Waals surface area contributed by atoms with Gasteiger partial charge < -0.3 is 29.4 Å². The molecule has 0 aromatic heterocycles. The Kier molecular flexibility index (Phi) is 12.7. The molecule has 0 aliphatic rings. The van der Waals surface area contributed by atoms with E-state index in [0.717, 1.165) is 16.9 Å². The quantitative estimate of drug-likeness (QED) is 0.183. The number of ether oxygens (including phenoxy) is 4. The lowest BCUT2D eigenvalue weighted by Gasteiger charge is -2.34. The van der Waals surface area contributed by atoms with Crippen LogP contribution in [-0.4, -0.2) is 47.3 Å². The van der Waals surface area contributed by atoms with Crippen molar-refractivity contribution >= 4 is 35.6 Å². The summed E-state index contributed by atoms with van der Waals surface area (Å²) in [6.45, 7) is 14.9. The average molecular weight is 610 g/mol. The minimum atomic E-state index is -0.832. The first-order chi connectivity index (χ1) is 19.1. The zero-order valence-electron chi connectivity index (χ0n) is 25.4. The summed E-state index contributed by atoms with van der Waals surface area (Å²) in [5, 5.41) is 13.7. The molecule has 0 saturated carbocycles. The van der Waals surface area contributed by atoms with Crippen LogP contribution in [0.25, 0.3) is 0 Å². The third-order valence-electron chi connectivity index (χ3n) is 5.73. The molecule has 228 valence electrons. The number of hydrogen-bond acceptors (Lipinski definition) is 8. The van der Waals surface area contributed by atoms with Crippen molar-refractivity contribution in [2.75, 3.05) is 13.2 Å². The topological polar surface area (TPSA) is 103 Å². The van der Waals surface area contributed by atoms with Gasteiger partial charge in [-0.3, -0.25) is 0 Å². The van der Waals surface area contributed by atoms with Gasteiger partial charge in [0, 0.05) is 9.92 Å². The van der Waals surface area contributed by atoms with E-state index in [-0.39, 0.29) is 6.61 Å². The van der Waals surface area contributed by atoms with Gasteiger partial charge in [0.2, 0.25) is 0 Å². The highest BCUT2D eigenvalue weighted by molar-refractivity contribution is 7.99. The van der Waals surface area contributed by atoms with Crippen molar-refractivity contribution in [1.82, 2.24) is 5.32 Å². The number of amides is 1. The maximum Gasteiger partial charge on any atom is 0.514 e. The maximum absolute atomic E-state index is 12.5. The average Bonchev–Trinajstić information content (AvgIpc) is 2.83. The molecule has 0 fully saturated rings.